The van der Waals surface area contributed by atoms with E-state index in [1.807, 2.05) is 23.2 Å². The molecule has 1 fully saturated rings. The van der Waals surface area contributed by atoms with Gasteiger partial charge in [0, 0.05) is 56.7 Å². The second kappa shape index (κ2) is 8.83. The lowest BCUT2D eigenvalue weighted by atomic mass is 10.1. The topological polar surface area (TPSA) is 69.8 Å². The summed E-state index contributed by atoms with van der Waals surface area (Å²) in [6.45, 7) is 3.55. The number of benzene rings is 1. The summed E-state index contributed by atoms with van der Waals surface area (Å²) in [5.74, 6) is -1.05. The summed E-state index contributed by atoms with van der Waals surface area (Å²) in [7, 11) is 0. The first kappa shape index (κ1) is 19.1. The largest absolute Gasteiger partial charge is 0.375 e. The number of thiocarbonyl (C=S) groups is 1. The number of nitrogens with one attached hydrogen (secondary N) is 1. The first-order valence-electron chi connectivity index (χ1n) is 8.46. The van der Waals surface area contributed by atoms with E-state index in [9.17, 15) is 8.78 Å². The molecule has 3 rings (SSSR count). The van der Waals surface area contributed by atoms with Gasteiger partial charge >= 0.3 is 0 Å². The van der Waals surface area contributed by atoms with Crippen molar-refractivity contribution in [3.8, 4) is 0 Å². The van der Waals surface area contributed by atoms with Crippen molar-refractivity contribution < 1.29 is 8.78 Å². The predicted octanol–water partition coefficient (Wildman–Crippen LogP) is 1.85. The van der Waals surface area contributed by atoms with Crippen LogP contribution in [0.1, 0.15) is 11.1 Å². The molecule has 0 spiro atoms. The molecule has 27 heavy (non-hydrogen) atoms. The van der Waals surface area contributed by atoms with Crippen molar-refractivity contribution in [1.82, 2.24) is 15.3 Å². The van der Waals surface area contributed by atoms with Crippen LogP contribution in [0, 0.1) is 11.6 Å². The van der Waals surface area contributed by atoms with Gasteiger partial charge in [0.2, 0.25) is 0 Å². The molecule has 1 aromatic carbocycles. The molecule has 1 saturated heterocycles. The van der Waals surface area contributed by atoms with E-state index in [1.165, 1.54) is 6.07 Å². The zero-order valence-electron chi connectivity index (χ0n) is 14.6. The van der Waals surface area contributed by atoms with Gasteiger partial charge in [-0.2, -0.15) is 5.10 Å². The predicted molar refractivity (Wildman–Crippen MR) is 106 cm³/mol. The van der Waals surface area contributed by atoms with Gasteiger partial charge in [0.1, 0.15) is 11.6 Å². The summed E-state index contributed by atoms with van der Waals surface area (Å²) < 4.78 is 28.8. The Morgan fingerprint density at radius 2 is 2.04 bits per heavy atom. The molecule has 2 aromatic rings. The number of nitrogens with zero attached hydrogens (tertiary/aromatic N) is 4. The Morgan fingerprint density at radius 1 is 1.26 bits per heavy atom. The molecule has 1 aromatic heterocycles. The van der Waals surface area contributed by atoms with Gasteiger partial charge in [0.15, 0.2) is 5.11 Å². The van der Waals surface area contributed by atoms with Crippen molar-refractivity contribution in [3.05, 3.63) is 59.4 Å². The lowest BCUT2D eigenvalue weighted by molar-refractivity contribution is 0.249. The maximum atomic E-state index is 14.5. The number of pyridine rings is 1. The van der Waals surface area contributed by atoms with Gasteiger partial charge in [0.05, 0.1) is 11.9 Å². The van der Waals surface area contributed by atoms with Crippen LogP contribution in [0.25, 0.3) is 0 Å². The molecule has 0 aliphatic carbocycles. The number of aromatic nitrogens is 1. The molecule has 1 aliphatic rings. The fraction of sp³-hybridized carbons (Fsp3) is 0.278. The first-order valence-corrected chi connectivity index (χ1v) is 8.87. The fourth-order valence-corrected chi connectivity index (χ4v) is 3.01. The standard InChI is InChI=1S/C18H20F2N6S/c19-15-9-17(16(20)8-14(15)11-23-24-18(21)27)26-6-4-25(5-7-26)12-13-2-1-3-22-10-13/h1-3,8-11H,4-7,12H2,(H3,21,24,27). The maximum absolute atomic E-state index is 14.5. The molecular formula is C18H20F2N6S. The summed E-state index contributed by atoms with van der Waals surface area (Å²) in [6.07, 6.45) is 4.73. The molecule has 2 heterocycles. The molecule has 9 heteroatoms. The fourth-order valence-electron chi connectivity index (χ4n) is 2.96. The van der Waals surface area contributed by atoms with Gasteiger partial charge in [-0.15, -0.1) is 0 Å². The van der Waals surface area contributed by atoms with E-state index in [-0.39, 0.29) is 16.4 Å². The van der Waals surface area contributed by atoms with Crippen molar-refractivity contribution in [3.63, 3.8) is 0 Å². The van der Waals surface area contributed by atoms with Crippen LogP contribution in [0.2, 0.25) is 0 Å². The van der Waals surface area contributed by atoms with E-state index >= 15 is 0 Å². The van der Waals surface area contributed by atoms with Crippen LogP contribution in [0.5, 0.6) is 0 Å². The highest BCUT2D eigenvalue weighted by atomic mass is 32.1. The summed E-state index contributed by atoms with van der Waals surface area (Å²) in [4.78, 5) is 8.24. The van der Waals surface area contributed by atoms with Gasteiger partial charge in [-0.25, -0.2) is 8.78 Å². The Morgan fingerprint density at radius 3 is 2.70 bits per heavy atom. The number of halogens is 2. The Bertz CT molecular complexity index is 822. The zero-order chi connectivity index (χ0) is 19.2. The number of rotatable bonds is 5. The Kier molecular flexibility index (Phi) is 6.25. The van der Waals surface area contributed by atoms with E-state index < -0.39 is 11.6 Å². The lowest BCUT2D eigenvalue weighted by Gasteiger charge is -2.36. The lowest BCUT2D eigenvalue weighted by Crippen LogP contribution is -2.46. The van der Waals surface area contributed by atoms with Crippen LogP contribution in [-0.2, 0) is 6.54 Å². The van der Waals surface area contributed by atoms with E-state index in [1.54, 1.807) is 6.20 Å². The molecule has 0 unspecified atom stereocenters. The van der Waals surface area contributed by atoms with Crippen molar-refractivity contribution >= 4 is 29.2 Å². The number of hydrogen-bond acceptors (Lipinski definition) is 5. The van der Waals surface area contributed by atoms with E-state index in [0.717, 1.165) is 37.5 Å². The Balaban J connectivity index is 1.63. The second-order valence-corrected chi connectivity index (χ2v) is 6.62. The van der Waals surface area contributed by atoms with E-state index in [0.29, 0.717) is 13.1 Å². The van der Waals surface area contributed by atoms with Crippen LogP contribution in [0.4, 0.5) is 14.5 Å². The van der Waals surface area contributed by atoms with Gasteiger partial charge in [-0.1, -0.05) is 6.07 Å². The van der Waals surface area contributed by atoms with Gasteiger partial charge in [-0.05, 0) is 29.9 Å². The highest BCUT2D eigenvalue weighted by Crippen LogP contribution is 2.24. The van der Waals surface area contributed by atoms with Gasteiger partial charge < -0.3 is 10.6 Å². The quantitative estimate of drug-likeness (QED) is 0.461. The third-order valence-electron chi connectivity index (χ3n) is 4.29. The van der Waals surface area contributed by atoms with Crippen molar-refractivity contribution in [1.29, 1.82) is 0 Å². The molecule has 0 atom stereocenters. The molecule has 0 bridgehead atoms. The monoisotopic (exact) mass is 390 g/mol. The highest BCUT2D eigenvalue weighted by molar-refractivity contribution is 7.80. The number of piperazine rings is 1. The number of hydrazone groups is 1. The molecule has 6 nitrogen and oxygen atoms in total. The van der Waals surface area contributed by atoms with Crippen LogP contribution in [-0.4, -0.2) is 47.4 Å². The minimum Gasteiger partial charge on any atom is -0.375 e. The van der Waals surface area contributed by atoms with Crippen molar-refractivity contribution in [2.75, 3.05) is 31.1 Å². The molecule has 1 aliphatic heterocycles. The Labute approximate surface area is 161 Å². The first-order chi connectivity index (χ1) is 13.0. The van der Waals surface area contributed by atoms with Crippen molar-refractivity contribution in [2.45, 2.75) is 6.54 Å². The number of nitrogens with two attached hydrogens (primary N) is 1. The Hall–Kier alpha value is -2.65. The third-order valence-corrected chi connectivity index (χ3v) is 4.38. The molecular weight excluding hydrogens is 370 g/mol. The normalized spacial score (nSPS) is 15.3. The average molecular weight is 390 g/mol. The van der Waals surface area contributed by atoms with Gasteiger partial charge in [0.25, 0.3) is 0 Å². The van der Waals surface area contributed by atoms with Crippen LogP contribution in [0.3, 0.4) is 0 Å². The third kappa shape index (κ3) is 5.18. The highest BCUT2D eigenvalue weighted by Gasteiger charge is 2.21. The number of hydrogen-bond donors (Lipinski definition) is 2. The zero-order valence-corrected chi connectivity index (χ0v) is 15.4. The minimum absolute atomic E-state index is 0.0233. The second-order valence-electron chi connectivity index (χ2n) is 6.18. The molecule has 3 N–H and O–H groups in total. The van der Waals surface area contributed by atoms with Gasteiger partial charge in [-0.3, -0.25) is 15.3 Å². The smallest absolute Gasteiger partial charge is 0.184 e. The van der Waals surface area contributed by atoms with Crippen LogP contribution >= 0.6 is 12.2 Å². The molecule has 0 radical (unpaired) electrons. The number of anilines is 1. The van der Waals surface area contributed by atoms with Crippen LogP contribution < -0.4 is 16.1 Å². The SMILES string of the molecule is NC(=S)NN=Cc1cc(F)c(N2CCN(Cc3cccnc3)CC2)cc1F. The van der Waals surface area contributed by atoms with E-state index in [2.05, 4.69) is 32.6 Å². The van der Waals surface area contributed by atoms with Crippen molar-refractivity contribution in [2.24, 2.45) is 10.8 Å². The molecule has 142 valence electrons. The molecule has 0 saturated carbocycles. The summed E-state index contributed by atoms with van der Waals surface area (Å²) in [6, 6.07) is 6.26. The summed E-state index contributed by atoms with van der Waals surface area (Å²) in [5.41, 5.74) is 8.96. The minimum atomic E-state index is -0.558. The maximum Gasteiger partial charge on any atom is 0.184 e. The van der Waals surface area contributed by atoms with E-state index in [4.69, 9.17) is 5.73 Å². The van der Waals surface area contributed by atoms with Crippen LogP contribution in [0.15, 0.2) is 41.8 Å². The summed E-state index contributed by atoms with van der Waals surface area (Å²) >= 11 is 4.60. The average Bonchev–Trinajstić information content (AvgIpc) is 2.65. The molecule has 0 amide bonds. The summed E-state index contributed by atoms with van der Waals surface area (Å²) in [5, 5.41) is 3.61.